The first-order valence-electron chi connectivity index (χ1n) is 9.03. The second kappa shape index (κ2) is 10.8. The molecule has 144 valence electrons. The topological polar surface area (TPSA) is 68.3 Å². The highest BCUT2D eigenvalue weighted by Crippen LogP contribution is 2.14. The maximum atomic E-state index is 12.9. The van der Waals surface area contributed by atoms with Crippen LogP contribution in [0.25, 0.3) is 0 Å². The molecule has 0 radical (unpaired) electrons. The predicted octanol–water partition coefficient (Wildman–Crippen LogP) is 1.42. The average Bonchev–Trinajstić information content (AvgIpc) is 2.68. The van der Waals surface area contributed by atoms with E-state index in [1.807, 2.05) is 0 Å². The molecule has 1 aliphatic rings. The van der Waals surface area contributed by atoms with Crippen LogP contribution in [0.4, 0.5) is 0 Å². The number of carbonyl (C=O) groups is 2. The molecule has 1 fully saturated rings. The molecular formula is C19H28N2O5. The first kappa shape index (κ1) is 20.2. The molecule has 0 bridgehead atoms. The Morgan fingerprint density at radius 3 is 2.46 bits per heavy atom. The summed E-state index contributed by atoms with van der Waals surface area (Å²) >= 11 is 0. The van der Waals surface area contributed by atoms with E-state index in [0.29, 0.717) is 31.0 Å². The smallest absolute Gasteiger partial charge is 0.307 e. The molecule has 1 aromatic rings. The van der Waals surface area contributed by atoms with E-state index in [4.69, 9.17) is 14.2 Å². The number of benzene rings is 1. The Morgan fingerprint density at radius 2 is 1.85 bits per heavy atom. The van der Waals surface area contributed by atoms with E-state index in [1.54, 1.807) is 43.2 Å². The fourth-order valence-corrected chi connectivity index (χ4v) is 2.78. The molecule has 0 spiro atoms. The van der Waals surface area contributed by atoms with Gasteiger partial charge < -0.3 is 19.1 Å². The molecule has 1 heterocycles. The molecule has 0 aliphatic carbocycles. The highest BCUT2D eigenvalue weighted by Gasteiger charge is 2.19. The fraction of sp³-hybridized carbons (Fsp3) is 0.579. The first-order chi connectivity index (χ1) is 12.6. The number of carbonyl (C=O) groups excluding carboxylic acids is 2. The van der Waals surface area contributed by atoms with E-state index < -0.39 is 0 Å². The second-order valence-electron chi connectivity index (χ2n) is 6.03. The molecule has 26 heavy (non-hydrogen) atoms. The quantitative estimate of drug-likeness (QED) is 0.618. The van der Waals surface area contributed by atoms with Crippen LogP contribution < -0.4 is 4.74 Å². The van der Waals surface area contributed by atoms with Crippen LogP contribution >= 0.6 is 0 Å². The number of ether oxygens (including phenoxy) is 3. The molecule has 7 heteroatoms. The Morgan fingerprint density at radius 1 is 1.15 bits per heavy atom. The molecule has 0 N–H and O–H groups in total. The number of morpholine rings is 1. The van der Waals surface area contributed by atoms with E-state index in [0.717, 1.165) is 32.8 Å². The minimum Gasteiger partial charge on any atom is -0.497 e. The van der Waals surface area contributed by atoms with Gasteiger partial charge in [-0.2, -0.15) is 0 Å². The summed E-state index contributed by atoms with van der Waals surface area (Å²) in [6, 6.07) is 7.01. The van der Waals surface area contributed by atoms with Crippen molar-refractivity contribution in [3.05, 3.63) is 29.8 Å². The lowest BCUT2D eigenvalue weighted by Gasteiger charge is -2.30. The highest BCUT2D eigenvalue weighted by atomic mass is 16.5. The third-order valence-corrected chi connectivity index (χ3v) is 4.31. The van der Waals surface area contributed by atoms with Crippen LogP contribution in [0, 0.1) is 0 Å². The van der Waals surface area contributed by atoms with Crippen LogP contribution in [-0.2, 0) is 14.3 Å². The third kappa shape index (κ3) is 6.31. The lowest BCUT2D eigenvalue weighted by molar-refractivity contribution is -0.143. The predicted molar refractivity (Wildman–Crippen MR) is 97.4 cm³/mol. The summed E-state index contributed by atoms with van der Waals surface area (Å²) in [5.41, 5.74) is 0.580. The van der Waals surface area contributed by atoms with Gasteiger partial charge in [-0.1, -0.05) is 0 Å². The van der Waals surface area contributed by atoms with Crippen molar-refractivity contribution in [2.75, 3.05) is 59.7 Å². The first-order valence-corrected chi connectivity index (χ1v) is 9.03. The average molecular weight is 364 g/mol. The Balaban J connectivity index is 1.99. The number of amides is 1. The van der Waals surface area contributed by atoms with E-state index in [-0.39, 0.29) is 18.3 Å². The van der Waals surface area contributed by atoms with Crippen LogP contribution in [0.3, 0.4) is 0 Å². The summed E-state index contributed by atoms with van der Waals surface area (Å²) in [6.45, 7) is 6.94. The molecule has 0 unspecified atom stereocenters. The molecule has 1 aliphatic heterocycles. The van der Waals surface area contributed by atoms with Crippen LogP contribution in [-0.4, -0.2) is 81.3 Å². The number of nitrogens with zero attached hydrogens (tertiary/aromatic N) is 2. The maximum absolute atomic E-state index is 12.9. The Kier molecular flexibility index (Phi) is 8.37. The zero-order valence-corrected chi connectivity index (χ0v) is 15.6. The van der Waals surface area contributed by atoms with Crippen molar-refractivity contribution in [2.45, 2.75) is 13.3 Å². The van der Waals surface area contributed by atoms with E-state index >= 15 is 0 Å². The van der Waals surface area contributed by atoms with Gasteiger partial charge >= 0.3 is 5.97 Å². The lowest BCUT2D eigenvalue weighted by Crippen LogP contribution is -2.43. The zero-order chi connectivity index (χ0) is 18.8. The third-order valence-electron chi connectivity index (χ3n) is 4.31. The summed E-state index contributed by atoms with van der Waals surface area (Å²) in [5.74, 6) is 0.324. The van der Waals surface area contributed by atoms with Crippen molar-refractivity contribution in [2.24, 2.45) is 0 Å². The van der Waals surface area contributed by atoms with Crippen molar-refractivity contribution in [1.29, 1.82) is 0 Å². The molecule has 2 rings (SSSR count). The van der Waals surface area contributed by atoms with Gasteiger partial charge in [0, 0.05) is 38.3 Å². The summed E-state index contributed by atoms with van der Waals surface area (Å²) in [4.78, 5) is 28.6. The largest absolute Gasteiger partial charge is 0.497 e. The zero-order valence-electron chi connectivity index (χ0n) is 15.6. The van der Waals surface area contributed by atoms with Crippen LogP contribution in [0.15, 0.2) is 24.3 Å². The number of esters is 1. The van der Waals surface area contributed by atoms with Crippen molar-refractivity contribution in [1.82, 2.24) is 9.80 Å². The summed E-state index contributed by atoms with van der Waals surface area (Å²) in [7, 11) is 1.59. The maximum Gasteiger partial charge on any atom is 0.307 e. The van der Waals surface area contributed by atoms with Gasteiger partial charge in [0.05, 0.1) is 33.4 Å². The van der Waals surface area contributed by atoms with Gasteiger partial charge in [-0.3, -0.25) is 14.5 Å². The molecule has 0 saturated carbocycles. The molecular weight excluding hydrogens is 336 g/mol. The summed E-state index contributed by atoms with van der Waals surface area (Å²) in [6.07, 6.45) is 0.193. The fourth-order valence-electron chi connectivity index (χ4n) is 2.78. The minimum absolute atomic E-state index is 0.0924. The van der Waals surface area contributed by atoms with Gasteiger partial charge in [-0.25, -0.2) is 0 Å². The van der Waals surface area contributed by atoms with Crippen LogP contribution in [0.1, 0.15) is 23.7 Å². The van der Waals surface area contributed by atoms with Gasteiger partial charge in [0.25, 0.3) is 5.91 Å². The summed E-state index contributed by atoms with van der Waals surface area (Å²) < 4.78 is 15.5. The Bertz CT molecular complexity index is 570. The minimum atomic E-state index is -0.286. The Labute approximate surface area is 154 Å². The second-order valence-corrected chi connectivity index (χ2v) is 6.03. The van der Waals surface area contributed by atoms with Crippen molar-refractivity contribution in [3.63, 3.8) is 0 Å². The number of rotatable bonds is 9. The summed E-state index contributed by atoms with van der Waals surface area (Å²) in [5, 5.41) is 0. The molecule has 0 aromatic heterocycles. The van der Waals surface area contributed by atoms with Crippen molar-refractivity contribution >= 4 is 11.9 Å². The molecule has 0 atom stereocenters. The number of methoxy groups -OCH3 is 1. The van der Waals surface area contributed by atoms with Crippen LogP contribution in [0.5, 0.6) is 5.75 Å². The number of hydrogen-bond donors (Lipinski definition) is 0. The lowest BCUT2D eigenvalue weighted by atomic mass is 10.2. The molecule has 1 amide bonds. The van der Waals surface area contributed by atoms with E-state index in [1.165, 1.54) is 0 Å². The van der Waals surface area contributed by atoms with Crippen molar-refractivity contribution in [3.8, 4) is 5.75 Å². The molecule has 7 nitrogen and oxygen atoms in total. The Hall–Kier alpha value is -2.12. The number of hydrogen-bond acceptors (Lipinski definition) is 6. The van der Waals surface area contributed by atoms with Gasteiger partial charge in [0.2, 0.25) is 0 Å². The van der Waals surface area contributed by atoms with Gasteiger partial charge in [-0.15, -0.1) is 0 Å². The normalized spacial score (nSPS) is 14.7. The van der Waals surface area contributed by atoms with Crippen LogP contribution in [0.2, 0.25) is 0 Å². The highest BCUT2D eigenvalue weighted by molar-refractivity contribution is 5.94. The monoisotopic (exact) mass is 364 g/mol. The van der Waals surface area contributed by atoms with Gasteiger partial charge in [0.15, 0.2) is 0 Å². The standard InChI is InChI=1S/C19H28N2O5/c1-3-26-18(22)8-9-21(11-10-20-12-14-25-15-13-20)19(23)16-4-6-17(24-2)7-5-16/h4-7H,3,8-15H2,1-2H3. The van der Waals surface area contributed by atoms with E-state index in [2.05, 4.69) is 4.90 Å². The molecule has 1 saturated heterocycles. The van der Waals surface area contributed by atoms with Crippen molar-refractivity contribution < 1.29 is 23.8 Å². The molecule has 1 aromatic carbocycles. The van der Waals surface area contributed by atoms with Gasteiger partial charge in [0.1, 0.15) is 5.75 Å². The van der Waals surface area contributed by atoms with E-state index in [9.17, 15) is 9.59 Å². The van der Waals surface area contributed by atoms with Gasteiger partial charge in [-0.05, 0) is 31.2 Å². The SMILES string of the molecule is CCOC(=O)CCN(CCN1CCOCC1)C(=O)c1ccc(OC)cc1.